The standard InChI is InChI=1S/C17H24FNO2/c1-17(2,3)21-16(20)19-11-6-7-13(10-12-19)14-8-4-5-9-15(14)18/h4-5,8-9,13H,6-7,10-12H2,1-3H3. The predicted octanol–water partition coefficient (Wildman–Crippen LogP) is 4.33. The van der Waals surface area contributed by atoms with Crippen LogP contribution < -0.4 is 0 Å². The summed E-state index contributed by atoms with van der Waals surface area (Å²) in [6, 6.07) is 6.94. The van der Waals surface area contributed by atoms with Crippen LogP contribution >= 0.6 is 0 Å². The third kappa shape index (κ3) is 4.45. The Bertz CT molecular complexity index is 496. The first-order valence-electron chi connectivity index (χ1n) is 7.59. The summed E-state index contributed by atoms with van der Waals surface area (Å²) in [7, 11) is 0. The van der Waals surface area contributed by atoms with E-state index >= 15 is 0 Å². The van der Waals surface area contributed by atoms with Crippen molar-refractivity contribution < 1.29 is 13.9 Å². The molecule has 1 aromatic rings. The van der Waals surface area contributed by atoms with Crippen molar-refractivity contribution in [3.05, 3.63) is 35.6 Å². The molecule has 0 radical (unpaired) electrons. The number of carbonyl (C=O) groups excluding carboxylic acids is 1. The van der Waals surface area contributed by atoms with Gasteiger partial charge in [-0.1, -0.05) is 18.2 Å². The van der Waals surface area contributed by atoms with E-state index in [0.29, 0.717) is 13.1 Å². The van der Waals surface area contributed by atoms with Crippen molar-refractivity contribution in [2.45, 2.75) is 51.6 Å². The minimum atomic E-state index is -0.478. The summed E-state index contributed by atoms with van der Waals surface area (Å²) < 4.78 is 19.3. The van der Waals surface area contributed by atoms with E-state index < -0.39 is 5.60 Å². The molecule has 1 aliphatic heterocycles. The van der Waals surface area contributed by atoms with Gasteiger partial charge in [0, 0.05) is 13.1 Å². The van der Waals surface area contributed by atoms with Gasteiger partial charge in [-0.2, -0.15) is 0 Å². The first kappa shape index (κ1) is 15.8. The summed E-state index contributed by atoms with van der Waals surface area (Å²) in [6.45, 7) is 6.90. The van der Waals surface area contributed by atoms with Crippen LogP contribution in [-0.2, 0) is 4.74 Å². The molecule has 4 heteroatoms. The lowest BCUT2D eigenvalue weighted by Gasteiger charge is -2.26. The number of carbonyl (C=O) groups is 1. The van der Waals surface area contributed by atoms with E-state index in [-0.39, 0.29) is 17.8 Å². The predicted molar refractivity (Wildman–Crippen MR) is 80.8 cm³/mol. The van der Waals surface area contributed by atoms with Gasteiger partial charge < -0.3 is 9.64 Å². The molecule has 0 aliphatic carbocycles. The van der Waals surface area contributed by atoms with E-state index in [2.05, 4.69) is 0 Å². The van der Waals surface area contributed by atoms with Gasteiger partial charge in [-0.15, -0.1) is 0 Å². The molecule has 1 atom stereocenters. The maximum Gasteiger partial charge on any atom is 0.410 e. The van der Waals surface area contributed by atoms with Crippen LogP contribution in [-0.4, -0.2) is 29.7 Å². The number of amides is 1. The fourth-order valence-corrected chi connectivity index (χ4v) is 2.72. The minimum absolute atomic E-state index is 0.145. The number of hydrogen-bond acceptors (Lipinski definition) is 2. The third-order valence-corrected chi connectivity index (χ3v) is 3.72. The van der Waals surface area contributed by atoms with Crippen LogP contribution in [0.3, 0.4) is 0 Å². The van der Waals surface area contributed by atoms with E-state index in [1.807, 2.05) is 32.9 Å². The van der Waals surface area contributed by atoms with Crippen molar-refractivity contribution in [3.8, 4) is 0 Å². The molecular formula is C17H24FNO2. The average molecular weight is 293 g/mol. The van der Waals surface area contributed by atoms with Crippen LogP contribution in [0.4, 0.5) is 9.18 Å². The van der Waals surface area contributed by atoms with Crippen LogP contribution in [0.1, 0.15) is 51.5 Å². The molecule has 1 aliphatic rings. The maximum absolute atomic E-state index is 13.9. The van der Waals surface area contributed by atoms with Crippen molar-refractivity contribution in [3.63, 3.8) is 0 Å². The number of rotatable bonds is 1. The van der Waals surface area contributed by atoms with Crippen molar-refractivity contribution in [1.82, 2.24) is 4.90 Å². The van der Waals surface area contributed by atoms with Gasteiger partial charge in [-0.25, -0.2) is 9.18 Å². The molecule has 0 spiro atoms. The lowest BCUT2D eigenvalue weighted by molar-refractivity contribution is 0.0256. The van der Waals surface area contributed by atoms with Gasteiger partial charge in [-0.3, -0.25) is 0 Å². The fourth-order valence-electron chi connectivity index (χ4n) is 2.72. The minimum Gasteiger partial charge on any atom is -0.444 e. The van der Waals surface area contributed by atoms with Gasteiger partial charge in [0.2, 0.25) is 0 Å². The van der Waals surface area contributed by atoms with E-state index in [9.17, 15) is 9.18 Å². The van der Waals surface area contributed by atoms with E-state index in [0.717, 1.165) is 24.8 Å². The molecule has 0 saturated carbocycles. The highest BCUT2D eigenvalue weighted by Crippen LogP contribution is 2.30. The van der Waals surface area contributed by atoms with E-state index in [1.165, 1.54) is 6.07 Å². The first-order valence-corrected chi connectivity index (χ1v) is 7.59. The Kier molecular flexibility index (Phi) is 4.86. The molecule has 21 heavy (non-hydrogen) atoms. The largest absolute Gasteiger partial charge is 0.444 e. The van der Waals surface area contributed by atoms with E-state index in [4.69, 9.17) is 4.74 Å². The third-order valence-electron chi connectivity index (χ3n) is 3.72. The lowest BCUT2D eigenvalue weighted by atomic mass is 9.92. The topological polar surface area (TPSA) is 29.5 Å². The molecule has 0 bridgehead atoms. The summed E-state index contributed by atoms with van der Waals surface area (Å²) in [5.74, 6) is 0.0341. The van der Waals surface area contributed by atoms with Crippen LogP contribution in [0.2, 0.25) is 0 Å². The number of benzene rings is 1. The molecule has 1 aromatic carbocycles. The average Bonchev–Trinajstić information content (AvgIpc) is 2.63. The second kappa shape index (κ2) is 6.46. The zero-order valence-corrected chi connectivity index (χ0v) is 13.1. The molecule has 0 N–H and O–H groups in total. The van der Waals surface area contributed by atoms with Crippen molar-refractivity contribution >= 4 is 6.09 Å². The van der Waals surface area contributed by atoms with Crippen LogP contribution in [0.25, 0.3) is 0 Å². The molecule has 1 unspecified atom stereocenters. The summed E-state index contributed by atoms with van der Waals surface area (Å²) in [5.41, 5.74) is 0.289. The quantitative estimate of drug-likeness (QED) is 0.771. The van der Waals surface area contributed by atoms with Crippen molar-refractivity contribution in [2.24, 2.45) is 0 Å². The maximum atomic E-state index is 13.9. The Hall–Kier alpha value is -1.58. The number of hydrogen-bond donors (Lipinski definition) is 0. The molecule has 3 nitrogen and oxygen atoms in total. The van der Waals surface area contributed by atoms with Gasteiger partial charge >= 0.3 is 6.09 Å². The highest BCUT2D eigenvalue weighted by atomic mass is 19.1. The lowest BCUT2D eigenvalue weighted by Crippen LogP contribution is -2.37. The van der Waals surface area contributed by atoms with Crippen molar-refractivity contribution in [1.29, 1.82) is 0 Å². The van der Waals surface area contributed by atoms with Crippen LogP contribution in [0.15, 0.2) is 24.3 Å². The SMILES string of the molecule is CC(C)(C)OC(=O)N1CCCC(c2ccccc2F)CC1. The molecule has 1 heterocycles. The second-order valence-electron chi connectivity index (χ2n) is 6.62. The zero-order valence-electron chi connectivity index (χ0n) is 13.1. The molecule has 1 saturated heterocycles. The van der Waals surface area contributed by atoms with Crippen LogP contribution in [0, 0.1) is 5.82 Å². The monoisotopic (exact) mass is 293 g/mol. The Labute approximate surface area is 126 Å². The van der Waals surface area contributed by atoms with Crippen LogP contribution in [0.5, 0.6) is 0 Å². The Morgan fingerprint density at radius 2 is 1.95 bits per heavy atom. The van der Waals surface area contributed by atoms with Gasteiger partial charge in [0.15, 0.2) is 0 Å². The summed E-state index contributed by atoms with van der Waals surface area (Å²) >= 11 is 0. The molecule has 1 fully saturated rings. The second-order valence-corrected chi connectivity index (χ2v) is 6.62. The molecular weight excluding hydrogens is 269 g/mol. The first-order chi connectivity index (χ1) is 9.87. The molecule has 116 valence electrons. The summed E-state index contributed by atoms with van der Waals surface area (Å²) in [5, 5.41) is 0. The number of halogens is 1. The Morgan fingerprint density at radius 1 is 1.24 bits per heavy atom. The highest BCUT2D eigenvalue weighted by Gasteiger charge is 2.26. The number of ether oxygens (including phenoxy) is 1. The molecule has 2 rings (SSSR count). The normalized spacial score (nSPS) is 20.0. The molecule has 0 aromatic heterocycles. The summed E-state index contributed by atoms with van der Waals surface area (Å²) in [4.78, 5) is 13.8. The van der Waals surface area contributed by atoms with Gasteiger partial charge in [0.25, 0.3) is 0 Å². The Balaban J connectivity index is 1.99. The number of nitrogens with zero attached hydrogens (tertiary/aromatic N) is 1. The zero-order chi connectivity index (χ0) is 15.5. The number of likely N-dealkylation sites (tertiary alicyclic amines) is 1. The highest BCUT2D eigenvalue weighted by molar-refractivity contribution is 5.68. The Morgan fingerprint density at radius 3 is 2.62 bits per heavy atom. The molecule has 1 amide bonds. The van der Waals surface area contributed by atoms with E-state index in [1.54, 1.807) is 11.0 Å². The smallest absolute Gasteiger partial charge is 0.410 e. The summed E-state index contributed by atoms with van der Waals surface area (Å²) in [6.07, 6.45) is 2.29. The van der Waals surface area contributed by atoms with Gasteiger partial charge in [0.1, 0.15) is 11.4 Å². The van der Waals surface area contributed by atoms with Gasteiger partial charge in [0.05, 0.1) is 0 Å². The van der Waals surface area contributed by atoms with Gasteiger partial charge in [-0.05, 0) is 57.6 Å². The van der Waals surface area contributed by atoms with Crippen molar-refractivity contribution in [2.75, 3.05) is 13.1 Å². The fraction of sp³-hybridized carbons (Fsp3) is 0.588.